The van der Waals surface area contributed by atoms with Gasteiger partial charge in [0.1, 0.15) is 5.76 Å². The van der Waals surface area contributed by atoms with Crippen LogP contribution < -0.4 is 10.1 Å². The van der Waals surface area contributed by atoms with Crippen LogP contribution in [0.2, 0.25) is 5.15 Å². The van der Waals surface area contributed by atoms with Gasteiger partial charge in [-0.2, -0.15) is 0 Å². The van der Waals surface area contributed by atoms with Crippen molar-refractivity contribution in [1.29, 1.82) is 0 Å². The first kappa shape index (κ1) is 18.1. The van der Waals surface area contributed by atoms with E-state index in [-0.39, 0.29) is 22.8 Å². The van der Waals surface area contributed by atoms with E-state index in [2.05, 4.69) is 20.3 Å². The number of hydrogen-bond acceptors (Lipinski definition) is 6. The number of nitrogens with one attached hydrogen (secondary N) is 1. The van der Waals surface area contributed by atoms with E-state index in [1.54, 1.807) is 12.3 Å². The third-order valence-electron chi connectivity index (χ3n) is 3.58. The van der Waals surface area contributed by atoms with Crippen molar-refractivity contribution in [1.82, 2.24) is 15.0 Å². The summed E-state index contributed by atoms with van der Waals surface area (Å²) < 4.78 is 11.1. The molecule has 1 aliphatic rings. The van der Waals surface area contributed by atoms with Gasteiger partial charge >= 0.3 is 6.01 Å². The van der Waals surface area contributed by atoms with Crippen molar-refractivity contribution >= 4 is 29.0 Å². The Morgan fingerprint density at radius 3 is 2.73 bits per heavy atom. The molecule has 3 heterocycles. The van der Waals surface area contributed by atoms with E-state index >= 15 is 0 Å². The van der Waals surface area contributed by atoms with E-state index in [1.165, 1.54) is 12.4 Å². The minimum atomic E-state index is -0.395. The second-order valence-electron chi connectivity index (χ2n) is 5.96. The van der Waals surface area contributed by atoms with Crippen LogP contribution in [0.4, 0.5) is 5.69 Å². The first-order valence-electron chi connectivity index (χ1n) is 8.32. The van der Waals surface area contributed by atoms with Crippen molar-refractivity contribution in [2.45, 2.75) is 32.8 Å². The molecule has 0 radical (unpaired) electrons. The molecule has 1 amide bonds. The van der Waals surface area contributed by atoms with E-state index in [0.29, 0.717) is 23.6 Å². The molecule has 2 aromatic heterocycles. The van der Waals surface area contributed by atoms with Gasteiger partial charge in [-0.3, -0.25) is 4.79 Å². The molecule has 0 saturated heterocycles. The SMILES string of the molecule is CC(C)Oc1ncc(C(=O)Nc2c(C3=CCCCO3)ccnc2Cl)cn1. The van der Waals surface area contributed by atoms with E-state index < -0.39 is 5.91 Å². The van der Waals surface area contributed by atoms with Crippen molar-refractivity contribution < 1.29 is 14.3 Å². The number of carbonyl (C=O) groups excluding carboxylic acids is 1. The fourth-order valence-corrected chi connectivity index (χ4v) is 2.60. The zero-order chi connectivity index (χ0) is 18.5. The lowest BCUT2D eigenvalue weighted by molar-refractivity contribution is 0.102. The van der Waals surface area contributed by atoms with Gasteiger partial charge in [0.25, 0.3) is 5.91 Å². The summed E-state index contributed by atoms with van der Waals surface area (Å²) in [6.07, 6.45) is 8.19. The maximum Gasteiger partial charge on any atom is 0.316 e. The maximum atomic E-state index is 12.6. The fraction of sp³-hybridized carbons (Fsp3) is 0.333. The molecular weight excluding hydrogens is 356 g/mol. The number of aromatic nitrogens is 3. The highest BCUT2D eigenvalue weighted by Crippen LogP contribution is 2.32. The fourth-order valence-electron chi connectivity index (χ4n) is 2.40. The van der Waals surface area contributed by atoms with E-state index in [4.69, 9.17) is 21.1 Å². The first-order chi connectivity index (χ1) is 12.5. The average Bonchev–Trinajstić information content (AvgIpc) is 2.64. The van der Waals surface area contributed by atoms with E-state index in [1.807, 2.05) is 19.9 Å². The molecule has 0 bridgehead atoms. The topological polar surface area (TPSA) is 86.2 Å². The number of rotatable bonds is 5. The quantitative estimate of drug-likeness (QED) is 0.803. The standard InChI is InChI=1S/C18H19ClN4O3/c1-11(2)26-18-21-9-12(10-22-18)17(24)23-15-13(6-7-20-16(15)19)14-5-3-4-8-25-14/h5-7,9-11H,3-4,8H2,1-2H3,(H,23,24). The summed E-state index contributed by atoms with van der Waals surface area (Å²) in [5.41, 5.74) is 1.37. The van der Waals surface area contributed by atoms with Crippen LogP contribution in [0.15, 0.2) is 30.7 Å². The summed E-state index contributed by atoms with van der Waals surface area (Å²) >= 11 is 6.20. The Morgan fingerprint density at radius 2 is 2.08 bits per heavy atom. The van der Waals surface area contributed by atoms with Gasteiger partial charge in [0.2, 0.25) is 0 Å². The molecule has 0 spiro atoms. The van der Waals surface area contributed by atoms with Gasteiger partial charge in [0, 0.05) is 24.2 Å². The Morgan fingerprint density at radius 1 is 1.31 bits per heavy atom. The molecule has 0 fully saturated rings. The van der Waals surface area contributed by atoms with Gasteiger partial charge in [-0.15, -0.1) is 0 Å². The van der Waals surface area contributed by atoms with Crippen LogP contribution in [0.1, 0.15) is 42.6 Å². The molecule has 0 unspecified atom stereocenters. The number of ether oxygens (including phenoxy) is 2. The van der Waals surface area contributed by atoms with Gasteiger partial charge < -0.3 is 14.8 Å². The summed E-state index contributed by atoms with van der Waals surface area (Å²) in [4.78, 5) is 24.7. The molecule has 7 nitrogen and oxygen atoms in total. The summed E-state index contributed by atoms with van der Waals surface area (Å²) in [6.45, 7) is 4.38. The number of carbonyl (C=O) groups is 1. The molecule has 0 aliphatic carbocycles. The van der Waals surface area contributed by atoms with Crippen molar-refractivity contribution in [2.75, 3.05) is 11.9 Å². The largest absolute Gasteiger partial charge is 0.493 e. The Kier molecular flexibility index (Phi) is 5.68. The molecule has 26 heavy (non-hydrogen) atoms. The minimum Gasteiger partial charge on any atom is -0.493 e. The summed E-state index contributed by atoms with van der Waals surface area (Å²) in [5, 5.41) is 2.96. The molecule has 1 N–H and O–H groups in total. The molecule has 0 aromatic carbocycles. The number of allylic oxidation sites excluding steroid dienone is 1. The van der Waals surface area contributed by atoms with E-state index in [9.17, 15) is 4.79 Å². The third-order valence-corrected chi connectivity index (χ3v) is 3.86. The number of amides is 1. The Bertz CT molecular complexity index is 822. The van der Waals surface area contributed by atoms with Gasteiger partial charge in [-0.05, 0) is 38.8 Å². The first-order valence-corrected chi connectivity index (χ1v) is 8.70. The lowest BCUT2D eigenvalue weighted by Crippen LogP contribution is -2.16. The highest BCUT2D eigenvalue weighted by atomic mass is 35.5. The van der Waals surface area contributed by atoms with Crippen LogP contribution in [0, 0.1) is 0 Å². The monoisotopic (exact) mass is 374 g/mol. The second kappa shape index (κ2) is 8.14. The van der Waals surface area contributed by atoms with Gasteiger partial charge in [-0.1, -0.05) is 11.6 Å². The zero-order valence-electron chi connectivity index (χ0n) is 14.5. The molecule has 3 rings (SSSR count). The Hall–Kier alpha value is -2.67. The summed E-state index contributed by atoms with van der Waals surface area (Å²) in [7, 11) is 0. The predicted molar refractivity (Wildman–Crippen MR) is 98.2 cm³/mol. The number of pyridine rings is 1. The molecule has 136 valence electrons. The van der Waals surface area contributed by atoms with Gasteiger partial charge in [-0.25, -0.2) is 15.0 Å². The van der Waals surface area contributed by atoms with Crippen LogP contribution in [0.25, 0.3) is 5.76 Å². The molecular formula is C18H19ClN4O3. The maximum absolute atomic E-state index is 12.6. The number of halogens is 1. The molecule has 2 aromatic rings. The average molecular weight is 375 g/mol. The predicted octanol–water partition coefficient (Wildman–Crippen LogP) is 3.72. The number of hydrogen-bond donors (Lipinski definition) is 1. The highest BCUT2D eigenvalue weighted by molar-refractivity contribution is 6.33. The minimum absolute atomic E-state index is 0.0461. The smallest absolute Gasteiger partial charge is 0.316 e. The molecule has 8 heteroatoms. The van der Waals surface area contributed by atoms with Gasteiger partial charge in [0.15, 0.2) is 5.15 Å². The van der Waals surface area contributed by atoms with Crippen LogP contribution in [0.5, 0.6) is 6.01 Å². The van der Waals surface area contributed by atoms with E-state index in [0.717, 1.165) is 12.8 Å². The van der Waals surface area contributed by atoms with Crippen molar-refractivity contribution in [2.24, 2.45) is 0 Å². The number of anilines is 1. The number of nitrogens with zero attached hydrogens (tertiary/aromatic N) is 3. The lowest BCUT2D eigenvalue weighted by atomic mass is 10.1. The van der Waals surface area contributed by atoms with Gasteiger partial charge in [0.05, 0.1) is 24.0 Å². The summed E-state index contributed by atoms with van der Waals surface area (Å²) in [6, 6.07) is 1.98. The molecule has 0 saturated carbocycles. The van der Waals surface area contributed by atoms with Crippen LogP contribution >= 0.6 is 11.6 Å². The zero-order valence-corrected chi connectivity index (χ0v) is 15.3. The van der Waals surface area contributed by atoms with Crippen LogP contribution in [0.3, 0.4) is 0 Å². The Balaban J connectivity index is 1.82. The normalized spacial score (nSPS) is 13.8. The lowest BCUT2D eigenvalue weighted by Gasteiger charge is -2.18. The highest BCUT2D eigenvalue weighted by Gasteiger charge is 2.18. The molecule has 0 atom stereocenters. The van der Waals surface area contributed by atoms with Crippen LogP contribution in [-0.4, -0.2) is 33.6 Å². The molecule has 1 aliphatic heterocycles. The second-order valence-corrected chi connectivity index (χ2v) is 6.32. The van der Waals surface area contributed by atoms with Crippen molar-refractivity contribution in [3.63, 3.8) is 0 Å². The Labute approximate surface area is 156 Å². The third kappa shape index (κ3) is 4.29. The summed E-state index contributed by atoms with van der Waals surface area (Å²) in [5.74, 6) is 0.293. The van der Waals surface area contributed by atoms with Crippen LogP contribution in [-0.2, 0) is 4.74 Å². The van der Waals surface area contributed by atoms with Crippen molar-refractivity contribution in [3.8, 4) is 6.01 Å². The van der Waals surface area contributed by atoms with Crippen molar-refractivity contribution in [3.05, 3.63) is 47.0 Å².